The second-order valence-electron chi connectivity index (χ2n) is 5.83. The number of hydrazone groups is 1. The number of benzene rings is 3. The van der Waals surface area contributed by atoms with Gasteiger partial charge in [-0.25, -0.2) is 0 Å². The van der Waals surface area contributed by atoms with Crippen LogP contribution >= 0.6 is 0 Å². The van der Waals surface area contributed by atoms with Crippen molar-refractivity contribution < 1.29 is 13.2 Å². The highest BCUT2D eigenvalue weighted by Crippen LogP contribution is 2.30. The number of anilines is 1. The molecule has 0 aromatic heterocycles. The van der Waals surface area contributed by atoms with Crippen LogP contribution in [-0.4, -0.2) is 5.71 Å². The molecule has 0 aliphatic rings. The summed E-state index contributed by atoms with van der Waals surface area (Å²) >= 11 is 0. The minimum Gasteiger partial charge on any atom is -0.278 e. The van der Waals surface area contributed by atoms with E-state index < -0.39 is 11.7 Å². The molecule has 5 heteroatoms. The molecule has 132 valence electrons. The van der Waals surface area contributed by atoms with Gasteiger partial charge >= 0.3 is 6.18 Å². The summed E-state index contributed by atoms with van der Waals surface area (Å²) in [7, 11) is 0. The molecule has 0 amide bonds. The molecule has 0 aliphatic heterocycles. The van der Waals surface area contributed by atoms with Gasteiger partial charge in [-0.05, 0) is 41.8 Å². The largest absolute Gasteiger partial charge is 0.416 e. The average molecular weight is 354 g/mol. The zero-order valence-electron chi connectivity index (χ0n) is 14.1. The number of alkyl halides is 3. The first kappa shape index (κ1) is 17.7. The Labute approximate surface area is 150 Å². The van der Waals surface area contributed by atoms with Crippen molar-refractivity contribution in [2.75, 3.05) is 5.43 Å². The van der Waals surface area contributed by atoms with Crippen molar-refractivity contribution in [3.63, 3.8) is 0 Å². The van der Waals surface area contributed by atoms with E-state index in [0.717, 1.165) is 28.8 Å². The summed E-state index contributed by atoms with van der Waals surface area (Å²) in [5, 5.41) is 4.19. The summed E-state index contributed by atoms with van der Waals surface area (Å²) in [6.45, 7) is 1.80. The van der Waals surface area contributed by atoms with Gasteiger partial charge in [-0.1, -0.05) is 60.7 Å². The monoisotopic (exact) mass is 354 g/mol. The highest BCUT2D eigenvalue weighted by molar-refractivity contribution is 5.99. The number of nitrogens with zero attached hydrogens (tertiary/aromatic N) is 1. The van der Waals surface area contributed by atoms with Crippen molar-refractivity contribution >= 4 is 11.4 Å². The smallest absolute Gasteiger partial charge is 0.278 e. The van der Waals surface area contributed by atoms with E-state index in [-0.39, 0.29) is 0 Å². The van der Waals surface area contributed by atoms with Crippen LogP contribution in [0.1, 0.15) is 18.1 Å². The maximum Gasteiger partial charge on any atom is 0.416 e. The van der Waals surface area contributed by atoms with Gasteiger partial charge in [0.1, 0.15) is 0 Å². The molecule has 26 heavy (non-hydrogen) atoms. The van der Waals surface area contributed by atoms with Crippen LogP contribution in [0.15, 0.2) is 84.0 Å². The Morgan fingerprint density at radius 3 is 2.12 bits per heavy atom. The summed E-state index contributed by atoms with van der Waals surface area (Å²) < 4.78 is 38.2. The lowest BCUT2D eigenvalue weighted by Crippen LogP contribution is -2.05. The van der Waals surface area contributed by atoms with Crippen molar-refractivity contribution in [3.05, 3.63) is 90.0 Å². The molecule has 0 saturated heterocycles. The summed E-state index contributed by atoms with van der Waals surface area (Å²) in [5.41, 5.74) is 6.06. The minimum atomic E-state index is -4.37. The first-order valence-corrected chi connectivity index (χ1v) is 8.07. The van der Waals surface area contributed by atoms with Crippen molar-refractivity contribution in [3.8, 4) is 11.1 Å². The lowest BCUT2D eigenvalue weighted by atomic mass is 10.0. The van der Waals surface area contributed by atoms with Gasteiger partial charge < -0.3 is 0 Å². The molecule has 3 aromatic rings. The molecule has 0 bridgehead atoms. The molecule has 0 fully saturated rings. The Kier molecular flexibility index (Phi) is 5.07. The predicted molar refractivity (Wildman–Crippen MR) is 99.2 cm³/mol. The van der Waals surface area contributed by atoms with Crippen LogP contribution in [0.25, 0.3) is 11.1 Å². The van der Waals surface area contributed by atoms with E-state index in [0.29, 0.717) is 11.4 Å². The molecular weight excluding hydrogens is 337 g/mol. The van der Waals surface area contributed by atoms with Crippen molar-refractivity contribution in [1.82, 2.24) is 0 Å². The lowest BCUT2D eigenvalue weighted by Gasteiger charge is -2.09. The van der Waals surface area contributed by atoms with Gasteiger partial charge in [0, 0.05) is 0 Å². The van der Waals surface area contributed by atoms with Crippen molar-refractivity contribution in [2.24, 2.45) is 5.10 Å². The Hall–Kier alpha value is -3.08. The second-order valence-corrected chi connectivity index (χ2v) is 5.83. The Morgan fingerprint density at radius 1 is 0.808 bits per heavy atom. The topological polar surface area (TPSA) is 24.4 Å². The molecule has 3 aromatic carbocycles. The molecule has 1 N–H and O–H groups in total. The average Bonchev–Trinajstić information content (AvgIpc) is 2.66. The summed E-state index contributed by atoms with van der Waals surface area (Å²) in [6, 6.07) is 22.8. The highest BCUT2D eigenvalue weighted by atomic mass is 19.4. The SMILES string of the molecule is C/C(=N\Nc1cccc(C(F)(F)F)c1)c1ccc(-c2ccccc2)cc1. The second kappa shape index (κ2) is 7.44. The van der Waals surface area contributed by atoms with E-state index >= 15 is 0 Å². The van der Waals surface area contributed by atoms with E-state index in [2.05, 4.69) is 10.5 Å². The Bertz CT molecular complexity index is 899. The first-order chi connectivity index (χ1) is 12.4. The molecule has 0 radical (unpaired) electrons. The zero-order valence-corrected chi connectivity index (χ0v) is 14.1. The fraction of sp³-hybridized carbons (Fsp3) is 0.0952. The van der Waals surface area contributed by atoms with Crippen LogP contribution in [-0.2, 0) is 6.18 Å². The number of nitrogens with one attached hydrogen (secondary N) is 1. The van der Waals surface area contributed by atoms with E-state index in [1.165, 1.54) is 6.07 Å². The quantitative estimate of drug-likeness (QED) is 0.437. The molecular formula is C21H17F3N2. The fourth-order valence-corrected chi connectivity index (χ4v) is 2.51. The normalized spacial score (nSPS) is 12.1. The van der Waals surface area contributed by atoms with Crippen molar-refractivity contribution in [2.45, 2.75) is 13.1 Å². The number of rotatable bonds is 4. The maximum atomic E-state index is 12.7. The van der Waals surface area contributed by atoms with Crippen LogP contribution in [0.3, 0.4) is 0 Å². The highest BCUT2D eigenvalue weighted by Gasteiger charge is 2.30. The molecule has 0 atom stereocenters. The summed E-state index contributed by atoms with van der Waals surface area (Å²) in [5.74, 6) is 0. The fourth-order valence-electron chi connectivity index (χ4n) is 2.51. The molecule has 3 rings (SSSR count). The maximum absolute atomic E-state index is 12.7. The Morgan fingerprint density at radius 2 is 1.46 bits per heavy atom. The van der Waals surface area contributed by atoms with Gasteiger partial charge in [0.25, 0.3) is 0 Å². The van der Waals surface area contributed by atoms with Gasteiger partial charge in [0.2, 0.25) is 0 Å². The molecule has 0 spiro atoms. The number of hydrogen-bond acceptors (Lipinski definition) is 2. The third kappa shape index (κ3) is 4.30. The van der Waals surface area contributed by atoms with Crippen LogP contribution in [0.2, 0.25) is 0 Å². The van der Waals surface area contributed by atoms with Crippen molar-refractivity contribution in [1.29, 1.82) is 0 Å². The number of hydrogen-bond donors (Lipinski definition) is 1. The van der Waals surface area contributed by atoms with Crippen LogP contribution in [0.5, 0.6) is 0 Å². The first-order valence-electron chi connectivity index (χ1n) is 8.07. The Balaban J connectivity index is 1.74. The van der Waals surface area contributed by atoms with E-state index in [9.17, 15) is 13.2 Å². The molecule has 0 unspecified atom stereocenters. The predicted octanol–water partition coefficient (Wildman–Crippen LogP) is 6.21. The van der Waals surface area contributed by atoms with Gasteiger partial charge in [-0.3, -0.25) is 5.43 Å². The van der Waals surface area contributed by atoms with Gasteiger partial charge in [-0.15, -0.1) is 0 Å². The van der Waals surface area contributed by atoms with E-state index in [4.69, 9.17) is 0 Å². The standard InChI is InChI=1S/C21H17F3N2/c1-15(25-26-20-9-5-8-19(14-20)21(22,23)24)16-10-12-18(13-11-16)17-6-3-2-4-7-17/h2-14,26H,1H3/b25-15+. The number of halogens is 3. The summed E-state index contributed by atoms with van der Waals surface area (Å²) in [4.78, 5) is 0. The van der Waals surface area contributed by atoms with Gasteiger partial charge in [0.05, 0.1) is 17.0 Å². The summed E-state index contributed by atoms with van der Waals surface area (Å²) in [6.07, 6.45) is -4.37. The molecule has 0 aliphatic carbocycles. The lowest BCUT2D eigenvalue weighted by molar-refractivity contribution is -0.137. The minimum absolute atomic E-state index is 0.292. The molecule has 0 saturated carbocycles. The zero-order chi connectivity index (χ0) is 18.6. The van der Waals surface area contributed by atoms with Gasteiger partial charge in [-0.2, -0.15) is 18.3 Å². The van der Waals surface area contributed by atoms with Gasteiger partial charge in [0.15, 0.2) is 0 Å². The third-order valence-corrected chi connectivity index (χ3v) is 3.95. The molecule has 0 heterocycles. The van der Waals surface area contributed by atoms with Crippen LogP contribution in [0.4, 0.5) is 18.9 Å². The molecule has 2 nitrogen and oxygen atoms in total. The third-order valence-electron chi connectivity index (χ3n) is 3.95. The van der Waals surface area contributed by atoms with E-state index in [1.807, 2.05) is 54.6 Å². The van der Waals surface area contributed by atoms with Crippen LogP contribution in [0, 0.1) is 0 Å². The van der Waals surface area contributed by atoms with E-state index in [1.54, 1.807) is 13.0 Å². The van der Waals surface area contributed by atoms with Crippen LogP contribution < -0.4 is 5.43 Å².